The lowest BCUT2D eigenvalue weighted by molar-refractivity contribution is -0.384. The summed E-state index contributed by atoms with van der Waals surface area (Å²) in [5.74, 6) is -4.50. The Balaban J connectivity index is 1.90. The fourth-order valence-corrected chi connectivity index (χ4v) is 3.86. The van der Waals surface area contributed by atoms with Gasteiger partial charge in [0.25, 0.3) is 17.4 Å². The van der Waals surface area contributed by atoms with Gasteiger partial charge in [-0.05, 0) is 48.9 Å². The van der Waals surface area contributed by atoms with E-state index >= 15 is 0 Å². The molecule has 0 aliphatic carbocycles. The summed E-state index contributed by atoms with van der Waals surface area (Å²) in [6.45, 7) is 2.21. The van der Waals surface area contributed by atoms with E-state index < -0.39 is 40.0 Å². The van der Waals surface area contributed by atoms with Crippen molar-refractivity contribution in [3.8, 4) is 5.75 Å². The Morgan fingerprint density at radius 2 is 1.69 bits per heavy atom. The van der Waals surface area contributed by atoms with E-state index in [1.807, 2.05) is 0 Å². The van der Waals surface area contributed by atoms with E-state index in [4.69, 9.17) is 4.74 Å². The summed E-state index contributed by atoms with van der Waals surface area (Å²) >= 11 is 0. The van der Waals surface area contributed by atoms with E-state index in [0.717, 1.165) is 35.2 Å². The van der Waals surface area contributed by atoms with Crippen molar-refractivity contribution >= 4 is 28.8 Å². The highest BCUT2D eigenvalue weighted by atomic mass is 19.2. The molecule has 1 unspecified atom stereocenters. The van der Waals surface area contributed by atoms with E-state index in [0.29, 0.717) is 17.9 Å². The van der Waals surface area contributed by atoms with Crippen LogP contribution in [0.4, 0.5) is 20.2 Å². The number of carbonyl (C=O) groups is 2. The summed E-state index contributed by atoms with van der Waals surface area (Å²) in [5, 5.41) is 22.0. The smallest absolute Gasteiger partial charge is 0.300 e. The molecule has 0 saturated carbocycles. The Morgan fingerprint density at radius 3 is 2.26 bits per heavy atom. The Morgan fingerprint density at radius 1 is 1.03 bits per heavy atom. The average molecular weight is 480 g/mol. The lowest BCUT2D eigenvalue weighted by atomic mass is 9.95. The average Bonchev–Trinajstić information content (AvgIpc) is 3.11. The van der Waals surface area contributed by atoms with Crippen LogP contribution in [0.25, 0.3) is 5.76 Å². The molecule has 4 rings (SSSR count). The van der Waals surface area contributed by atoms with Crippen molar-refractivity contribution in [1.29, 1.82) is 0 Å². The highest BCUT2D eigenvalue weighted by molar-refractivity contribution is 6.51. The summed E-state index contributed by atoms with van der Waals surface area (Å²) in [6.07, 6.45) is 0. The summed E-state index contributed by atoms with van der Waals surface area (Å²) < 4.78 is 33.0. The van der Waals surface area contributed by atoms with Gasteiger partial charge in [0, 0.05) is 29.4 Å². The summed E-state index contributed by atoms with van der Waals surface area (Å²) in [7, 11) is 0. The molecule has 0 aromatic heterocycles. The van der Waals surface area contributed by atoms with Gasteiger partial charge >= 0.3 is 0 Å². The van der Waals surface area contributed by atoms with Gasteiger partial charge in [0.05, 0.1) is 23.1 Å². The van der Waals surface area contributed by atoms with Gasteiger partial charge in [-0.15, -0.1) is 0 Å². The maximum absolute atomic E-state index is 14.0. The lowest BCUT2D eigenvalue weighted by Crippen LogP contribution is -2.29. The molecule has 178 valence electrons. The number of ketones is 1. The molecule has 0 bridgehead atoms. The molecule has 1 heterocycles. The molecule has 35 heavy (non-hydrogen) atoms. The number of hydrogen-bond acceptors (Lipinski definition) is 6. The van der Waals surface area contributed by atoms with Crippen molar-refractivity contribution in [2.45, 2.75) is 13.0 Å². The van der Waals surface area contributed by atoms with Gasteiger partial charge in [-0.3, -0.25) is 24.6 Å². The number of amides is 1. The zero-order valence-corrected chi connectivity index (χ0v) is 18.3. The van der Waals surface area contributed by atoms with Crippen molar-refractivity contribution in [2.24, 2.45) is 0 Å². The lowest BCUT2D eigenvalue weighted by Gasteiger charge is -2.25. The van der Waals surface area contributed by atoms with Crippen molar-refractivity contribution in [2.75, 3.05) is 11.5 Å². The standard InChI is InChI=1S/C25H18F2N2O6/c1-2-35-18-10-5-14(6-11-18)22-21(23(30)15-3-7-16(8-4-15)29(33)34)24(31)25(32)28(22)17-9-12-19(26)20(27)13-17/h3-13,22,30H,2H2,1H3/b23-21+. The van der Waals surface area contributed by atoms with Gasteiger partial charge < -0.3 is 9.84 Å². The van der Waals surface area contributed by atoms with Gasteiger partial charge in [0.2, 0.25) is 0 Å². The number of carbonyl (C=O) groups excluding carboxylic acids is 2. The number of benzene rings is 3. The molecule has 1 N–H and O–H groups in total. The van der Waals surface area contributed by atoms with Gasteiger partial charge in [0.15, 0.2) is 11.6 Å². The SMILES string of the molecule is CCOc1ccc(C2/C(=C(\O)c3ccc([N+](=O)[O-])cc3)C(=O)C(=O)N2c2ccc(F)c(F)c2)cc1. The van der Waals surface area contributed by atoms with Crippen LogP contribution >= 0.6 is 0 Å². The third-order valence-corrected chi connectivity index (χ3v) is 5.48. The first kappa shape index (κ1) is 23.6. The van der Waals surface area contributed by atoms with Crippen LogP contribution in [-0.4, -0.2) is 28.3 Å². The largest absolute Gasteiger partial charge is 0.507 e. The van der Waals surface area contributed by atoms with Crippen LogP contribution in [0.1, 0.15) is 24.1 Å². The number of non-ortho nitro benzene ring substituents is 1. The number of nitro groups is 1. The van der Waals surface area contributed by atoms with E-state index in [9.17, 15) is 33.6 Å². The molecule has 0 spiro atoms. The van der Waals surface area contributed by atoms with Crippen LogP contribution < -0.4 is 9.64 Å². The maximum Gasteiger partial charge on any atom is 0.300 e. The van der Waals surface area contributed by atoms with Crippen LogP contribution in [-0.2, 0) is 9.59 Å². The maximum atomic E-state index is 14.0. The summed E-state index contributed by atoms with van der Waals surface area (Å²) in [4.78, 5) is 37.4. The van der Waals surface area contributed by atoms with Crippen LogP contribution in [0.5, 0.6) is 5.75 Å². The number of halogens is 2. The topological polar surface area (TPSA) is 110 Å². The van der Waals surface area contributed by atoms with E-state index in [2.05, 4.69) is 0 Å². The predicted octanol–water partition coefficient (Wildman–Crippen LogP) is 4.90. The van der Waals surface area contributed by atoms with Crippen LogP contribution in [0.15, 0.2) is 72.3 Å². The molecule has 3 aromatic carbocycles. The van der Waals surface area contributed by atoms with Gasteiger partial charge in [-0.25, -0.2) is 8.78 Å². The van der Waals surface area contributed by atoms with Crippen molar-refractivity contribution in [1.82, 2.24) is 0 Å². The van der Waals surface area contributed by atoms with Crippen molar-refractivity contribution < 1.29 is 33.1 Å². The number of aliphatic hydroxyl groups is 1. The quantitative estimate of drug-likeness (QED) is 0.177. The van der Waals surface area contributed by atoms with Crippen LogP contribution in [0.2, 0.25) is 0 Å². The second-order valence-electron chi connectivity index (χ2n) is 7.57. The monoisotopic (exact) mass is 480 g/mol. The number of ether oxygens (including phenoxy) is 1. The first-order valence-corrected chi connectivity index (χ1v) is 10.5. The molecule has 10 heteroatoms. The minimum absolute atomic E-state index is 0.0647. The molecule has 1 atom stereocenters. The third-order valence-electron chi connectivity index (χ3n) is 5.48. The van der Waals surface area contributed by atoms with Gasteiger partial charge in [0.1, 0.15) is 11.5 Å². The highest BCUT2D eigenvalue weighted by Crippen LogP contribution is 2.42. The molecule has 1 amide bonds. The zero-order chi connectivity index (χ0) is 25.3. The molecule has 3 aromatic rings. The number of Topliss-reactive ketones (excluding diaryl/α,β-unsaturated/α-hetero) is 1. The predicted molar refractivity (Wildman–Crippen MR) is 122 cm³/mol. The Bertz CT molecular complexity index is 1350. The third kappa shape index (κ3) is 4.33. The van der Waals surface area contributed by atoms with E-state index in [1.165, 1.54) is 12.1 Å². The molecule has 1 saturated heterocycles. The molecule has 1 aliphatic heterocycles. The molecule has 1 fully saturated rings. The Labute approximate surface area is 197 Å². The number of anilines is 1. The summed E-state index contributed by atoms with van der Waals surface area (Å²) in [5.41, 5.74) is -0.173. The second kappa shape index (κ2) is 9.34. The van der Waals surface area contributed by atoms with Gasteiger partial charge in [-0.1, -0.05) is 12.1 Å². The molecule has 1 aliphatic rings. The summed E-state index contributed by atoms with van der Waals surface area (Å²) in [6, 6.07) is 12.7. The van der Waals surface area contributed by atoms with E-state index in [1.54, 1.807) is 31.2 Å². The first-order chi connectivity index (χ1) is 16.7. The second-order valence-corrected chi connectivity index (χ2v) is 7.57. The molecular formula is C25H18F2N2O6. The van der Waals surface area contributed by atoms with Crippen molar-refractivity contribution in [3.05, 3.63) is 105 Å². The fourth-order valence-electron chi connectivity index (χ4n) is 3.86. The Hall–Kier alpha value is -4.60. The number of nitro benzene ring substituents is 1. The van der Waals surface area contributed by atoms with Crippen LogP contribution in [0.3, 0.4) is 0 Å². The minimum Gasteiger partial charge on any atom is -0.507 e. The fraction of sp³-hybridized carbons (Fsp3) is 0.120. The molecule has 0 radical (unpaired) electrons. The number of aliphatic hydroxyl groups excluding tert-OH is 1. The number of rotatable bonds is 6. The molecular weight excluding hydrogens is 462 g/mol. The minimum atomic E-state index is -1.22. The van der Waals surface area contributed by atoms with Gasteiger partial charge in [-0.2, -0.15) is 0 Å². The van der Waals surface area contributed by atoms with Crippen LogP contribution in [0, 0.1) is 21.7 Å². The normalized spacial score (nSPS) is 17.0. The number of nitrogens with zero attached hydrogens (tertiary/aromatic N) is 2. The van der Waals surface area contributed by atoms with Crippen molar-refractivity contribution in [3.63, 3.8) is 0 Å². The Kier molecular flexibility index (Phi) is 6.28. The van der Waals surface area contributed by atoms with E-state index in [-0.39, 0.29) is 22.5 Å². The number of hydrogen-bond donors (Lipinski definition) is 1. The highest BCUT2D eigenvalue weighted by Gasteiger charge is 2.47. The molecule has 8 nitrogen and oxygen atoms in total. The zero-order valence-electron chi connectivity index (χ0n) is 18.3. The first-order valence-electron chi connectivity index (χ1n) is 10.5.